The largest absolute Gasteiger partial charge is 0.495 e. The standard InChI is InChI=1S/C30H26N4O4/c1-16(2)25-23-24(28(37)33(27(23)36)21-14-8-9-15-22(21)38-3)30(32-25)18-11-5-7-13-20(18)34-26(35)17-10-4-6-12-19(17)31-29(30)34/h4-16,23-25,32H,1-3H3/t23-,24-,25?,30?/m1/s1. The molecule has 1 spiro atoms. The van der Waals surface area contributed by atoms with Gasteiger partial charge in [-0.15, -0.1) is 0 Å². The third kappa shape index (κ3) is 2.67. The lowest BCUT2D eigenvalue weighted by Gasteiger charge is -2.32. The van der Waals surface area contributed by atoms with E-state index in [0.29, 0.717) is 33.9 Å². The highest BCUT2D eigenvalue weighted by atomic mass is 16.5. The number of amides is 2. The van der Waals surface area contributed by atoms with Crippen molar-refractivity contribution in [2.75, 3.05) is 12.0 Å². The molecule has 3 aliphatic rings. The SMILES string of the molecule is COc1ccccc1N1C(=O)[C@H]2C(C(C)C)NC3(c4ccccc4-n4c3nc3ccccc3c4=O)[C@H]2C1=O. The summed E-state index contributed by atoms with van der Waals surface area (Å²) in [7, 11) is 1.52. The van der Waals surface area contributed by atoms with Gasteiger partial charge in [0.2, 0.25) is 11.8 Å². The Bertz CT molecular complexity index is 1730. The van der Waals surface area contributed by atoms with E-state index >= 15 is 0 Å². The zero-order valence-electron chi connectivity index (χ0n) is 21.2. The van der Waals surface area contributed by atoms with E-state index in [9.17, 15) is 14.4 Å². The molecule has 0 saturated carbocycles. The molecule has 1 aromatic heterocycles. The van der Waals surface area contributed by atoms with Crippen molar-refractivity contribution in [2.24, 2.45) is 17.8 Å². The van der Waals surface area contributed by atoms with Gasteiger partial charge >= 0.3 is 0 Å². The van der Waals surface area contributed by atoms with E-state index in [1.807, 2.05) is 56.3 Å². The van der Waals surface area contributed by atoms with Gasteiger partial charge in [0.1, 0.15) is 17.1 Å². The fourth-order valence-corrected chi connectivity index (χ4v) is 6.78. The van der Waals surface area contributed by atoms with E-state index in [4.69, 9.17) is 9.72 Å². The highest BCUT2D eigenvalue weighted by Gasteiger charge is 2.70. The average Bonchev–Trinajstić information content (AvgIpc) is 3.52. The smallest absolute Gasteiger partial charge is 0.266 e. The number of ether oxygens (including phenoxy) is 1. The normalized spacial score (nSPS) is 25.4. The molecule has 3 aromatic carbocycles. The third-order valence-corrected chi connectivity index (χ3v) is 8.34. The van der Waals surface area contributed by atoms with Crippen molar-refractivity contribution in [1.82, 2.24) is 14.9 Å². The van der Waals surface area contributed by atoms with E-state index in [1.165, 1.54) is 12.0 Å². The Morgan fingerprint density at radius 3 is 2.34 bits per heavy atom. The number of benzene rings is 3. The summed E-state index contributed by atoms with van der Waals surface area (Å²) in [6.07, 6.45) is 0. The van der Waals surface area contributed by atoms with E-state index < -0.39 is 17.4 Å². The van der Waals surface area contributed by atoms with Gasteiger partial charge in [-0.3, -0.25) is 24.3 Å². The van der Waals surface area contributed by atoms with Crippen molar-refractivity contribution in [3.63, 3.8) is 0 Å². The lowest BCUT2D eigenvalue weighted by molar-refractivity contribution is -0.123. The quantitative estimate of drug-likeness (QED) is 0.428. The molecule has 4 atom stereocenters. The highest BCUT2D eigenvalue weighted by Crippen LogP contribution is 2.56. The van der Waals surface area contributed by atoms with Gasteiger partial charge in [-0.2, -0.15) is 0 Å². The fourth-order valence-electron chi connectivity index (χ4n) is 6.78. The van der Waals surface area contributed by atoms with Crippen molar-refractivity contribution in [1.29, 1.82) is 0 Å². The molecule has 38 heavy (non-hydrogen) atoms. The molecule has 4 aromatic rings. The predicted molar refractivity (Wildman–Crippen MR) is 142 cm³/mol. The summed E-state index contributed by atoms with van der Waals surface area (Å²) >= 11 is 0. The van der Waals surface area contributed by atoms with Crippen LogP contribution in [0.5, 0.6) is 5.75 Å². The van der Waals surface area contributed by atoms with Gasteiger partial charge < -0.3 is 4.74 Å². The van der Waals surface area contributed by atoms with Crippen LogP contribution in [0.4, 0.5) is 5.69 Å². The van der Waals surface area contributed by atoms with Crippen LogP contribution in [-0.2, 0) is 15.1 Å². The molecule has 8 heteroatoms. The average molecular weight is 507 g/mol. The molecule has 0 aliphatic carbocycles. The fraction of sp³-hybridized carbons (Fsp3) is 0.267. The molecule has 7 rings (SSSR count). The maximum atomic E-state index is 14.5. The first-order valence-electron chi connectivity index (χ1n) is 12.8. The van der Waals surface area contributed by atoms with Gasteiger partial charge in [-0.05, 0) is 36.2 Å². The maximum absolute atomic E-state index is 14.5. The summed E-state index contributed by atoms with van der Waals surface area (Å²) in [5.41, 5.74) is 1.09. The number of rotatable bonds is 3. The van der Waals surface area contributed by atoms with Crippen molar-refractivity contribution >= 4 is 28.4 Å². The van der Waals surface area contributed by atoms with E-state index in [0.717, 1.165) is 5.56 Å². The van der Waals surface area contributed by atoms with Crippen LogP contribution in [-0.4, -0.2) is 34.5 Å². The second-order valence-corrected chi connectivity index (χ2v) is 10.5. The molecule has 2 fully saturated rings. The second-order valence-electron chi connectivity index (χ2n) is 10.5. The number of carbonyl (C=O) groups is 2. The van der Waals surface area contributed by atoms with Gasteiger partial charge in [-0.25, -0.2) is 9.88 Å². The molecular formula is C30H26N4O4. The van der Waals surface area contributed by atoms with Crippen molar-refractivity contribution in [2.45, 2.75) is 25.4 Å². The predicted octanol–water partition coefficient (Wildman–Crippen LogP) is 3.38. The number of imide groups is 1. The van der Waals surface area contributed by atoms with Gasteiger partial charge in [0.05, 0.1) is 41.2 Å². The lowest BCUT2D eigenvalue weighted by Crippen LogP contribution is -2.51. The number of anilines is 1. The van der Waals surface area contributed by atoms with Crippen molar-refractivity contribution in [3.05, 3.63) is 94.5 Å². The first-order chi connectivity index (χ1) is 18.4. The van der Waals surface area contributed by atoms with Gasteiger partial charge in [0.15, 0.2) is 0 Å². The number of para-hydroxylation sites is 4. The van der Waals surface area contributed by atoms with Crippen LogP contribution in [0.15, 0.2) is 77.6 Å². The van der Waals surface area contributed by atoms with Crippen molar-refractivity contribution in [3.8, 4) is 11.4 Å². The molecule has 2 saturated heterocycles. The third-order valence-electron chi connectivity index (χ3n) is 8.34. The van der Waals surface area contributed by atoms with E-state index in [-0.39, 0.29) is 29.3 Å². The molecular weight excluding hydrogens is 480 g/mol. The van der Waals surface area contributed by atoms with Crippen molar-refractivity contribution < 1.29 is 14.3 Å². The number of fused-ring (bicyclic) bond motifs is 8. The van der Waals surface area contributed by atoms with Gasteiger partial charge in [-0.1, -0.05) is 56.3 Å². The molecule has 4 heterocycles. The number of methoxy groups -OCH3 is 1. The van der Waals surface area contributed by atoms with Crippen LogP contribution >= 0.6 is 0 Å². The summed E-state index contributed by atoms with van der Waals surface area (Å²) in [4.78, 5) is 48.7. The van der Waals surface area contributed by atoms with E-state index in [2.05, 4.69) is 5.32 Å². The number of hydrogen-bond acceptors (Lipinski definition) is 6. The summed E-state index contributed by atoms with van der Waals surface area (Å²) in [5.74, 6) is -1.11. The molecule has 0 bridgehead atoms. The van der Waals surface area contributed by atoms with Gasteiger partial charge in [0, 0.05) is 11.6 Å². The zero-order valence-corrected chi connectivity index (χ0v) is 21.2. The van der Waals surface area contributed by atoms with Crippen LogP contribution in [0.25, 0.3) is 16.6 Å². The molecule has 8 nitrogen and oxygen atoms in total. The number of hydrogen-bond donors (Lipinski definition) is 1. The molecule has 3 aliphatic heterocycles. The minimum Gasteiger partial charge on any atom is -0.495 e. The molecule has 2 unspecified atom stereocenters. The van der Waals surface area contributed by atoms with Crippen LogP contribution in [0.3, 0.4) is 0 Å². The number of nitrogens with zero attached hydrogens (tertiary/aromatic N) is 3. The van der Waals surface area contributed by atoms with E-state index in [1.54, 1.807) is 34.9 Å². The summed E-state index contributed by atoms with van der Waals surface area (Å²) in [6, 6.07) is 21.6. The Balaban J connectivity index is 1.54. The monoisotopic (exact) mass is 506 g/mol. The Morgan fingerprint density at radius 2 is 1.58 bits per heavy atom. The summed E-state index contributed by atoms with van der Waals surface area (Å²) in [5, 5.41) is 4.21. The maximum Gasteiger partial charge on any atom is 0.266 e. The first kappa shape index (κ1) is 22.9. The van der Waals surface area contributed by atoms with Crippen LogP contribution in [0.1, 0.15) is 25.2 Å². The molecule has 1 N–H and O–H groups in total. The second kappa shape index (κ2) is 7.85. The van der Waals surface area contributed by atoms with Crippen LogP contribution < -0.4 is 20.5 Å². The number of aromatic nitrogens is 2. The summed E-state index contributed by atoms with van der Waals surface area (Å²) in [6.45, 7) is 4.08. The topological polar surface area (TPSA) is 93.5 Å². The highest BCUT2D eigenvalue weighted by molar-refractivity contribution is 6.24. The Labute approximate surface area is 218 Å². The minimum absolute atomic E-state index is 0.0321. The first-order valence-corrected chi connectivity index (χ1v) is 12.8. The molecule has 190 valence electrons. The van der Waals surface area contributed by atoms with Crippen LogP contribution in [0, 0.1) is 17.8 Å². The molecule has 2 amide bonds. The zero-order chi connectivity index (χ0) is 26.3. The Kier molecular flexibility index (Phi) is 4.72. The Morgan fingerprint density at radius 1 is 0.895 bits per heavy atom. The lowest BCUT2D eigenvalue weighted by atomic mass is 9.75. The Hall–Kier alpha value is -4.30. The number of nitrogens with one attached hydrogen (secondary N) is 1. The minimum atomic E-state index is -1.15. The molecule has 0 radical (unpaired) electrons. The van der Waals surface area contributed by atoms with Crippen LogP contribution in [0.2, 0.25) is 0 Å². The summed E-state index contributed by atoms with van der Waals surface area (Å²) < 4.78 is 7.14. The number of carbonyl (C=O) groups excluding carboxylic acids is 2. The van der Waals surface area contributed by atoms with Gasteiger partial charge in [0.25, 0.3) is 5.56 Å².